The molecule has 28 heavy (non-hydrogen) atoms. The third-order valence-corrected chi connectivity index (χ3v) is 4.52. The van der Waals surface area contributed by atoms with E-state index >= 15 is 0 Å². The molecule has 9 heteroatoms. The van der Waals surface area contributed by atoms with Gasteiger partial charge in [-0.05, 0) is 64.3 Å². The number of nitrogens with zero attached hydrogens (tertiary/aromatic N) is 1. The van der Waals surface area contributed by atoms with Crippen molar-refractivity contribution in [2.45, 2.75) is 19.8 Å². The summed E-state index contributed by atoms with van der Waals surface area (Å²) in [6.07, 6.45) is 1.37. The van der Waals surface area contributed by atoms with Crippen LogP contribution in [0.2, 0.25) is 5.02 Å². The number of anilines is 1. The largest absolute Gasteiger partial charge is 0.504 e. The summed E-state index contributed by atoms with van der Waals surface area (Å²) in [6, 6.07) is 8.26. The lowest BCUT2D eigenvalue weighted by atomic mass is 10.2. The van der Waals surface area contributed by atoms with Gasteiger partial charge in [0.05, 0.1) is 17.8 Å². The van der Waals surface area contributed by atoms with E-state index < -0.39 is 5.91 Å². The van der Waals surface area contributed by atoms with Crippen LogP contribution in [0.1, 0.15) is 24.0 Å². The van der Waals surface area contributed by atoms with Crippen LogP contribution in [-0.4, -0.2) is 30.2 Å². The average molecular weight is 469 g/mol. The zero-order valence-corrected chi connectivity index (χ0v) is 17.6. The van der Waals surface area contributed by atoms with Crippen LogP contribution in [0.15, 0.2) is 39.9 Å². The second-order valence-electron chi connectivity index (χ2n) is 5.86. The lowest BCUT2D eigenvalue weighted by Crippen LogP contribution is -2.20. The maximum atomic E-state index is 12.0. The van der Waals surface area contributed by atoms with Crippen molar-refractivity contribution in [3.8, 4) is 11.5 Å². The number of amides is 2. The number of ether oxygens (including phenoxy) is 1. The molecule has 2 amide bonds. The van der Waals surface area contributed by atoms with E-state index in [-0.39, 0.29) is 24.5 Å². The van der Waals surface area contributed by atoms with Gasteiger partial charge in [0.15, 0.2) is 11.5 Å². The van der Waals surface area contributed by atoms with Gasteiger partial charge in [-0.1, -0.05) is 11.6 Å². The predicted octanol–water partition coefficient (Wildman–Crippen LogP) is 3.99. The number of nitrogens with one attached hydrogen (secondary N) is 2. The molecule has 0 aliphatic rings. The monoisotopic (exact) mass is 467 g/mol. The molecule has 2 aromatic carbocycles. The van der Waals surface area contributed by atoms with Gasteiger partial charge in [0.25, 0.3) is 0 Å². The molecular formula is C19H19BrClN3O4. The summed E-state index contributed by atoms with van der Waals surface area (Å²) < 4.78 is 5.58. The van der Waals surface area contributed by atoms with Gasteiger partial charge in [-0.25, -0.2) is 5.43 Å². The molecule has 3 N–H and O–H groups in total. The van der Waals surface area contributed by atoms with Gasteiger partial charge in [-0.3, -0.25) is 9.59 Å². The molecule has 0 atom stereocenters. The van der Waals surface area contributed by atoms with Crippen molar-refractivity contribution in [2.24, 2.45) is 5.10 Å². The van der Waals surface area contributed by atoms with Crippen LogP contribution >= 0.6 is 27.5 Å². The van der Waals surface area contributed by atoms with E-state index in [1.807, 2.05) is 6.92 Å². The third-order valence-electron chi connectivity index (χ3n) is 3.69. The van der Waals surface area contributed by atoms with Crippen molar-refractivity contribution in [2.75, 3.05) is 12.4 Å². The topological polar surface area (TPSA) is 100 Å². The van der Waals surface area contributed by atoms with Crippen LogP contribution in [0.3, 0.4) is 0 Å². The number of carbonyl (C=O) groups is 2. The van der Waals surface area contributed by atoms with Gasteiger partial charge >= 0.3 is 0 Å². The van der Waals surface area contributed by atoms with Gasteiger partial charge in [0.1, 0.15) is 0 Å². The Morgan fingerprint density at radius 1 is 1.25 bits per heavy atom. The number of phenolic OH excluding ortho intramolecular Hbond substituents is 1. The minimum atomic E-state index is -0.406. The number of hydrazone groups is 1. The van der Waals surface area contributed by atoms with Crippen molar-refractivity contribution in [3.05, 3.63) is 51.0 Å². The highest BCUT2D eigenvalue weighted by Crippen LogP contribution is 2.34. The van der Waals surface area contributed by atoms with Crippen LogP contribution < -0.4 is 15.5 Å². The number of hydrogen-bond acceptors (Lipinski definition) is 5. The fraction of sp³-hybridized carbons (Fsp3) is 0.211. The number of hydrogen-bond donors (Lipinski definition) is 3. The Morgan fingerprint density at radius 3 is 2.61 bits per heavy atom. The molecule has 0 aliphatic heterocycles. The Kier molecular flexibility index (Phi) is 7.83. The Labute approximate surface area is 175 Å². The van der Waals surface area contributed by atoms with Gasteiger partial charge in [0, 0.05) is 23.6 Å². The molecule has 148 valence electrons. The Bertz CT molecular complexity index is 895. The van der Waals surface area contributed by atoms with Crippen LogP contribution in [0.5, 0.6) is 11.5 Å². The molecule has 0 aromatic heterocycles. The molecule has 0 spiro atoms. The predicted molar refractivity (Wildman–Crippen MR) is 112 cm³/mol. The number of phenols is 1. The Balaban J connectivity index is 1.82. The molecule has 0 unspecified atom stereocenters. The fourth-order valence-corrected chi connectivity index (χ4v) is 3.17. The molecule has 0 saturated carbocycles. The number of rotatable bonds is 7. The van der Waals surface area contributed by atoms with E-state index in [1.54, 1.807) is 24.3 Å². The second-order valence-corrected chi connectivity index (χ2v) is 7.15. The van der Waals surface area contributed by atoms with E-state index in [4.69, 9.17) is 16.3 Å². The van der Waals surface area contributed by atoms with Crippen LogP contribution in [0.25, 0.3) is 0 Å². The van der Waals surface area contributed by atoms with Crippen LogP contribution in [-0.2, 0) is 9.59 Å². The lowest BCUT2D eigenvalue weighted by molar-refractivity contribution is -0.124. The first-order valence-electron chi connectivity index (χ1n) is 8.24. The molecule has 0 heterocycles. The quantitative estimate of drug-likeness (QED) is 0.422. The highest BCUT2D eigenvalue weighted by Gasteiger charge is 2.09. The van der Waals surface area contributed by atoms with Crippen LogP contribution in [0, 0.1) is 6.92 Å². The number of benzene rings is 2. The van der Waals surface area contributed by atoms with Gasteiger partial charge < -0.3 is 15.2 Å². The van der Waals surface area contributed by atoms with E-state index in [1.165, 1.54) is 19.4 Å². The molecule has 2 rings (SSSR count). The van der Waals surface area contributed by atoms with E-state index in [9.17, 15) is 14.7 Å². The summed E-state index contributed by atoms with van der Waals surface area (Å²) in [6.45, 7) is 1.83. The molecule has 0 aliphatic carbocycles. The molecule has 7 nitrogen and oxygen atoms in total. The summed E-state index contributed by atoms with van der Waals surface area (Å²) in [4.78, 5) is 23.8. The van der Waals surface area contributed by atoms with Gasteiger partial charge in [-0.15, -0.1) is 0 Å². The summed E-state index contributed by atoms with van der Waals surface area (Å²) in [5.41, 5.74) is 4.39. The Hall–Kier alpha value is -2.58. The normalized spacial score (nSPS) is 10.7. The van der Waals surface area contributed by atoms with Crippen molar-refractivity contribution in [1.82, 2.24) is 5.43 Å². The Morgan fingerprint density at radius 2 is 1.96 bits per heavy atom. The van der Waals surface area contributed by atoms with E-state index in [0.29, 0.717) is 26.5 Å². The van der Waals surface area contributed by atoms with Crippen molar-refractivity contribution in [3.63, 3.8) is 0 Å². The fourth-order valence-electron chi connectivity index (χ4n) is 2.32. The van der Waals surface area contributed by atoms with Gasteiger partial charge in [0.2, 0.25) is 11.8 Å². The van der Waals surface area contributed by atoms with Crippen molar-refractivity contribution in [1.29, 1.82) is 0 Å². The number of methoxy groups -OCH3 is 1. The summed E-state index contributed by atoms with van der Waals surface area (Å²) in [5, 5.41) is 17.0. The smallest absolute Gasteiger partial charge is 0.240 e. The maximum absolute atomic E-state index is 12.0. The molecule has 0 bridgehead atoms. The zero-order chi connectivity index (χ0) is 20.7. The standard InChI is InChI=1S/C19H19BrClN3O4/c1-11-7-13(21)3-4-15(11)23-17(26)5-6-18(27)24-22-10-12-8-14(20)19(28-2)16(25)9-12/h3-4,7-10,25H,5-6H2,1-2H3,(H,23,26)(H,24,27). The minimum absolute atomic E-state index is 0.0122. The van der Waals surface area contributed by atoms with Crippen molar-refractivity contribution >= 4 is 51.2 Å². The van der Waals surface area contributed by atoms with Crippen molar-refractivity contribution < 1.29 is 19.4 Å². The lowest BCUT2D eigenvalue weighted by Gasteiger charge is -2.08. The minimum Gasteiger partial charge on any atom is -0.504 e. The molecule has 0 fully saturated rings. The van der Waals surface area contributed by atoms with E-state index in [2.05, 4.69) is 31.8 Å². The summed E-state index contributed by atoms with van der Waals surface area (Å²) in [5.74, 6) is -0.438. The van der Waals surface area contributed by atoms with Crippen LogP contribution in [0.4, 0.5) is 5.69 Å². The molecule has 0 radical (unpaired) electrons. The highest BCUT2D eigenvalue weighted by molar-refractivity contribution is 9.10. The molecule has 2 aromatic rings. The second kappa shape index (κ2) is 10.1. The molecule has 0 saturated heterocycles. The maximum Gasteiger partial charge on any atom is 0.240 e. The van der Waals surface area contributed by atoms with Gasteiger partial charge in [-0.2, -0.15) is 5.10 Å². The summed E-state index contributed by atoms with van der Waals surface area (Å²) >= 11 is 9.15. The number of aromatic hydroxyl groups is 1. The number of aryl methyl sites for hydroxylation is 1. The first-order valence-corrected chi connectivity index (χ1v) is 9.41. The first-order chi connectivity index (χ1) is 13.3. The van der Waals surface area contributed by atoms with E-state index in [0.717, 1.165) is 5.56 Å². The zero-order valence-electron chi connectivity index (χ0n) is 15.3. The highest BCUT2D eigenvalue weighted by atomic mass is 79.9. The number of carbonyl (C=O) groups excluding carboxylic acids is 2. The SMILES string of the molecule is COc1c(O)cc(C=NNC(=O)CCC(=O)Nc2ccc(Cl)cc2C)cc1Br. The average Bonchev–Trinajstić information content (AvgIpc) is 2.62. The summed E-state index contributed by atoms with van der Waals surface area (Å²) in [7, 11) is 1.44. The number of halogens is 2. The molecular weight excluding hydrogens is 450 g/mol. The third kappa shape index (κ3) is 6.24. The first kappa shape index (κ1) is 21.7.